The summed E-state index contributed by atoms with van der Waals surface area (Å²) in [5.41, 5.74) is 6.75. The van der Waals surface area contributed by atoms with Gasteiger partial charge in [-0.15, -0.1) is 0 Å². The molecule has 2 atom stereocenters. The maximum atomic E-state index is 12.2. The van der Waals surface area contributed by atoms with Crippen molar-refractivity contribution in [2.24, 2.45) is 0 Å². The van der Waals surface area contributed by atoms with E-state index >= 15 is 0 Å². The molecule has 0 aliphatic carbocycles. The maximum Gasteiger partial charge on any atom is 0.251 e. The van der Waals surface area contributed by atoms with E-state index in [4.69, 9.17) is 17.3 Å². The lowest BCUT2D eigenvalue weighted by atomic mass is 9.97. The van der Waals surface area contributed by atoms with Gasteiger partial charge in [0.1, 0.15) is 0 Å². The second-order valence-corrected chi connectivity index (χ2v) is 6.17. The van der Waals surface area contributed by atoms with Crippen LogP contribution in [0.15, 0.2) is 18.2 Å². The number of nitrogen functional groups attached to an aromatic ring is 1. The highest BCUT2D eigenvalue weighted by Crippen LogP contribution is 2.27. The molecule has 20 heavy (non-hydrogen) atoms. The van der Waals surface area contributed by atoms with Crippen molar-refractivity contribution < 1.29 is 4.79 Å². The molecule has 0 radical (unpaired) electrons. The molecule has 0 bridgehead atoms. The summed E-state index contributed by atoms with van der Waals surface area (Å²) in [6.45, 7) is 2.32. The van der Waals surface area contributed by atoms with Gasteiger partial charge in [-0.1, -0.05) is 11.6 Å². The Bertz CT molecular complexity index is 520. The van der Waals surface area contributed by atoms with Gasteiger partial charge >= 0.3 is 0 Å². The van der Waals surface area contributed by atoms with E-state index in [1.807, 2.05) is 0 Å². The predicted molar refractivity (Wildman–Crippen MR) is 80.9 cm³/mol. The lowest BCUT2D eigenvalue weighted by Gasteiger charge is -2.35. The predicted octanol–water partition coefficient (Wildman–Crippen LogP) is 2.28. The van der Waals surface area contributed by atoms with Gasteiger partial charge in [-0.05, 0) is 50.4 Å². The summed E-state index contributed by atoms with van der Waals surface area (Å²) in [7, 11) is 0. The third-order valence-corrected chi connectivity index (χ3v) is 4.75. The number of rotatable bonds is 2. The molecule has 1 aromatic rings. The van der Waals surface area contributed by atoms with Gasteiger partial charge in [0.05, 0.1) is 10.7 Å². The molecule has 0 aromatic heterocycles. The zero-order valence-electron chi connectivity index (χ0n) is 11.4. The number of carbonyl (C=O) groups is 1. The average molecular weight is 294 g/mol. The summed E-state index contributed by atoms with van der Waals surface area (Å²) in [6, 6.07) is 5.97. The summed E-state index contributed by atoms with van der Waals surface area (Å²) in [6.07, 6.45) is 4.65. The van der Waals surface area contributed by atoms with Crippen molar-refractivity contribution in [2.75, 3.05) is 18.8 Å². The summed E-state index contributed by atoms with van der Waals surface area (Å²) in [4.78, 5) is 14.8. The molecule has 2 heterocycles. The number of halogens is 1. The van der Waals surface area contributed by atoms with E-state index in [-0.39, 0.29) is 11.9 Å². The third-order valence-electron chi connectivity index (χ3n) is 4.42. The Morgan fingerprint density at radius 2 is 2.20 bits per heavy atom. The fraction of sp³-hybridized carbons (Fsp3) is 0.533. The molecular weight excluding hydrogens is 274 g/mol. The van der Waals surface area contributed by atoms with Gasteiger partial charge in [-0.25, -0.2) is 0 Å². The highest BCUT2D eigenvalue weighted by atomic mass is 35.5. The van der Waals surface area contributed by atoms with Crippen LogP contribution in [0.1, 0.15) is 36.0 Å². The van der Waals surface area contributed by atoms with Crippen LogP contribution in [0.2, 0.25) is 5.02 Å². The van der Waals surface area contributed by atoms with Gasteiger partial charge in [0, 0.05) is 24.2 Å². The van der Waals surface area contributed by atoms with E-state index in [9.17, 15) is 4.79 Å². The monoisotopic (exact) mass is 293 g/mol. The zero-order chi connectivity index (χ0) is 14.1. The van der Waals surface area contributed by atoms with E-state index in [2.05, 4.69) is 10.2 Å². The van der Waals surface area contributed by atoms with Crippen molar-refractivity contribution in [2.45, 2.75) is 37.8 Å². The molecule has 2 aliphatic heterocycles. The first-order valence-electron chi connectivity index (χ1n) is 7.23. The van der Waals surface area contributed by atoms with Crippen LogP contribution in [-0.4, -0.2) is 36.0 Å². The molecule has 1 aromatic carbocycles. The van der Waals surface area contributed by atoms with E-state index in [1.165, 1.54) is 19.4 Å². The molecule has 2 saturated heterocycles. The van der Waals surface area contributed by atoms with Crippen molar-refractivity contribution in [1.29, 1.82) is 0 Å². The van der Waals surface area contributed by atoms with Crippen LogP contribution >= 0.6 is 11.6 Å². The number of nitrogens with zero attached hydrogens (tertiary/aromatic N) is 1. The molecule has 0 spiro atoms. The van der Waals surface area contributed by atoms with Gasteiger partial charge in [0.25, 0.3) is 5.91 Å². The van der Waals surface area contributed by atoms with E-state index < -0.39 is 0 Å². The van der Waals surface area contributed by atoms with Crippen LogP contribution in [0.4, 0.5) is 5.69 Å². The molecular formula is C15H20ClN3O. The van der Waals surface area contributed by atoms with Gasteiger partial charge in [-0.3, -0.25) is 4.79 Å². The topological polar surface area (TPSA) is 58.4 Å². The Kier molecular flexibility index (Phi) is 3.85. The Labute approximate surface area is 124 Å². The van der Waals surface area contributed by atoms with Crippen LogP contribution in [-0.2, 0) is 0 Å². The van der Waals surface area contributed by atoms with Gasteiger partial charge in [0.15, 0.2) is 0 Å². The molecule has 0 saturated carbocycles. The molecule has 2 aliphatic rings. The standard InChI is InChI=1S/C15H20ClN3O/c16-13-8-10(3-4-14(13)17)15(20)18-11-5-7-19-6-1-2-12(19)9-11/h3-4,8,11-12H,1-2,5-7,9,17H2,(H,18,20). The van der Waals surface area contributed by atoms with Crippen molar-refractivity contribution >= 4 is 23.2 Å². The van der Waals surface area contributed by atoms with Crippen molar-refractivity contribution in [3.63, 3.8) is 0 Å². The van der Waals surface area contributed by atoms with Crippen LogP contribution in [0.5, 0.6) is 0 Å². The lowest BCUT2D eigenvalue weighted by molar-refractivity contribution is 0.0896. The second-order valence-electron chi connectivity index (χ2n) is 5.76. The van der Waals surface area contributed by atoms with Crippen molar-refractivity contribution in [1.82, 2.24) is 10.2 Å². The largest absolute Gasteiger partial charge is 0.398 e. The molecule has 3 N–H and O–H groups in total. The van der Waals surface area contributed by atoms with Crippen molar-refractivity contribution in [3.05, 3.63) is 28.8 Å². The molecule has 4 nitrogen and oxygen atoms in total. The first kappa shape index (κ1) is 13.7. The highest BCUT2D eigenvalue weighted by molar-refractivity contribution is 6.33. The Morgan fingerprint density at radius 1 is 1.35 bits per heavy atom. The number of nitrogens with two attached hydrogens (primary N) is 1. The molecule has 2 unspecified atom stereocenters. The number of benzene rings is 1. The lowest BCUT2D eigenvalue weighted by Crippen LogP contribution is -2.47. The molecule has 3 rings (SSSR count). The highest BCUT2D eigenvalue weighted by Gasteiger charge is 2.32. The summed E-state index contributed by atoms with van der Waals surface area (Å²) >= 11 is 5.96. The Morgan fingerprint density at radius 3 is 3.00 bits per heavy atom. The summed E-state index contributed by atoms with van der Waals surface area (Å²) in [5, 5.41) is 3.56. The van der Waals surface area contributed by atoms with E-state index in [0.717, 1.165) is 19.4 Å². The van der Waals surface area contributed by atoms with Crippen LogP contribution in [0, 0.1) is 0 Å². The fourth-order valence-corrected chi connectivity index (χ4v) is 3.47. The fourth-order valence-electron chi connectivity index (χ4n) is 3.29. The Hall–Kier alpha value is -1.26. The minimum Gasteiger partial charge on any atom is -0.398 e. The quantitative estimate of drug-likeness (QED) is 0.823. The van der Waals surface area contributed by atoms with Gasteiger partial charge < -0.3 is 16.0 Å². The first-order chi connectivity index (χ1) is 9.63. The number of fused-ring (bicyclic) bond motifs is 1. The van der Waals surface area contributed by atoms with Gasteiger partial charge in [0.2, 0.25) is 0 Å². The maximum absolute atomic E-state index is 12.2. The number of hydrogen-bond acceptors (Lipinski definition) is 3. The molecule has 5 heteroatoms. The minimum atomic E-state index is -0.0525. The SMILES string of the molecule is Nc1ccc(C(=O)NC2CCN3CCCC3C2)cc1Cl. The van der Waals surface area contributed by atoms with E-state index in [0.29, 0.717) is 22.3 Å². The molecule has 1 amide bonds. The van der Waals surface area contributed by atoms with E-state index in [1.54, 1.807) is 18.2 Å². The summed E-state index contributed by atoms with van der Waals surface area (Å²) in [5.74, 6) is -0.0525. The number of nitrogens with one attached hydrogen (secondary N) is 1. The van der Waals surface area contributed by atoms with Crippen molar-refractivity contribution in [3.8, 4) is 0 Å². The number of hydrogen-bond donors (Lipinski definition) is 2. The Balaban J connectivity index is 1.62. The van der Waals surface area contributed by atoms with Crippen LogP contribution in [0.3, 0.4) is 0 Å². The van der Waals surface area contributed by atoms with Gasteiger partial charge in [-0.2, -0.15) is 0 Å². The average Bonchev–Trinajstić information content (AvgIpc) is 2.89. The minimum absolute atomic E-state index is 0.0525. The zero-order valence-corrected chi connectivity index (χ0v) is 12.2. The number of anilines is 1. The van der Waals surface area contributed by atoms with Crippen LogP contribution in [0.25, 0.3) is 0 Å². The number of amides is 1. The number of piperidine rings is 1. The third kappa shape index (κ3) is 2.76. The summed E-state index contributed by atoms with van der Waals surface area (Å²) < 4.78 is 0. The normalized spacial score (nSPS) is 26.2. The smallest absolute Gasteiger partial charge is 0.251 e. The first-order valence-corrected chi connectivity index (χ1v) is 7.61. The molecule has 2 fully saturated rings. The van der Waals surface area contributed by atoms with Crippen LogP contribution < -0.4 is 11.1 Å². The number of carbonyl (C=O) groups excluding carboxylic acids is 1. The molecule has 108 valence electrons. The second kappa shape index (κ2) is 5.62.